The number of anilines is 1. The molecule has 0 heterocycles. The molecule has 164 valence electrons. The zero-order chi connectivity index (χ0) is 21.2. The van der Waals surface area contributed by atoms with Crippen molar-refractivity contribution in [2.75, 3.05) is 5.73 Å². The first-order valence-electron chi connectivity index (χ1n) is 12.7. The predicted octanol–water partition coefficient (Wildman–Crippen LogP) is 8.84. The molecule has 0 spiro atoms. The smallest absolute Gasteiger partial charge is 0.0314 e. The van der Waals surface area contributed by atoms with Gasteiger partial charge in [0.15, 0.2) is 0 Å². The Kier molecular flexibility index (Phi) is 9.30. The fraction of sp³-hybridized carbons (Fsp3) is 0.586. The molecule has 1 saturated carbocycles. The fourth-order valence-electron chi connectivity index (χ4n) is 5.36. The molecule has 1 fully saturated rings. The van der Waals surface area contributed by atoms with Gasteiger partial charge in [-0.2, -0.15) is 0 Å². The van der Waals surface area contributed by atoms with Crippen LogP contribution in [0.25, 0.3) is 0 Å². The molecule has 1 atom stereocenters. The second-order valence-electron chi connectivity index (χ2n) is 9.60. The van der Waals surface area contributed by atoms with Crippen molar-refractivity contribution in [3.05, 3.63) is 65.2 Å². The van der Waals surface area contributed by atoms with Crippen LogP contribution in [-0.4, -0.2) is 0 Å². The van der Waals surface area contributed by atoms with Gasteiger partial charge < -0.3 is 5.73 Å². The van der Waals surface area contributed by atoms with Crippen molar-refractivity contribution in [3.63, 3.8) is 0 Å². The Hall–Kier alpha value is -1.76. The molecule has 0 aliphatic heterocycles. The molecule has 0 aromatic heterocycles. The summed E-state index contributed by atoms with van der Waals surface area (Å²) in [6, 6.07) is 18.1. The number of nitrogens with two attached hydrogens (primary N) is 1. The summed E-state index contributed by atoms with van der Waals surface area (Å²) in [5.74, 6) is 2.24. The van der Waals surface area contributed by atoms with E-state index in [0.717, 1.165) is 17.5 Å². The van der Waals surface area contributed by atoms with E-state index in [4.69, 9.17) is 5.73 Å². The van der Waals surface area contributed by atoms with E-state index in [1.54, 1.807) is 5.56 Å². The molecule has 1 nitrogen and oxygen atoms in total. The quantitative estimate of drug-likeness (QED) is 0.293. The van der Waals surface area contributed by atoms with E-state index in [-0.39, 0.29) is 0 Å². The Balaban J connectivity index is 1.53. The second kappa shape index (κ2) is 12.2. The van der Waals surface area contributed by atoms with Crippen molar-refractivity contribution >= 4 is 5.69 Å². The molecular weight excluding hydrogens is 362 g/mol. The molecule has 2 aromatic carbocycles. The summed E-state index contributed by atoms with van der Waals surface area (Å²) in [6.07, 6.45) is 16.6. The minimum Gasteiger partial charge on any atom is -0.399 e. The van der Waals surface area contributed by atoms with E-state index in [0.29, 0.717) is 5.92 Å². The van der Waals surface area contributed by atoms with Crippen LogP contribution in [0, 0.1) is 5.92 Å². The molecule has 0 saturated heterocycles. The maximum Gasteiger partial charge on any atom is 0.0314 e. The van der Waals surface area contributed by atoms with Gasteiger partial charge in [0.05, 0.1) is 0 Å². The highest BCUT2D eigenvalue weighted by molar-refractivity contribution is 5.43. The molecule has 1 heteroatoms. The summed E-state index contributed by atoms with van der Waals surface area (Å²) in [5, 5.41) is 0. The summed E-state index contributed by atoms with van der Waals surface area (Å²) in [4.78, 5) is 0. The van der Waals surface area contributed by atoms with Gasteiger partial charge in [-0.05, 0) is 72.8 Å². The van der Waals surface area contributed by atoms with Gasteiger partial charge >= 0.3 is 0 Å². The van der Waals surface area contributed by atoms with Crippen LogP contribution in [-0.2, 0) is 0 Å². The van der Waals surface area contributed by atoms with Gasteiger partial charge in [-0.15, -0.1) is 0 Å². The van der Waals surface area contributed by atoms with Crippen molar-refractivity contribution in [2.24, 2.45) is 5.92 Å². The lowest BCUT2D eigenvalue weighted by atomic mass is 9.76. The van der Waals surface area contributed by atoms with Crippen molar-refractivity contribution in [3.8, 4) is 0 Å². The maximum absolute atomic E-state index is 5.90. The Bertz CT molecular complexity index is 707. The lowest BCUT2D eigenvalue weighted by Crippen LogP contribution is -2.13. The SMILES string of the molecule is CCCCCCCC1CCC(c2ccc(C(CCC)c3ccc(N)cc3)cc2)CC1. The average Bonchev–Trinajstić information content (AvgIpc) is 2.79. The van der Waals surface area contributed by atoms with Gasteiger partial charge in [0.25, 0.3) is 0 Å². The Morgan fingerprint density at radius 1 is 0.733 bits per heavy atom. The Labute approximate surface area is 185 Å². The minimum absolute atomic E-state index is 0.480. The number of hydrogen-bond acceptors (Lipinski definition) is 1. The normalized spacial score (nSPS) is 20.2. The standard InChI is InChI=1S/C29H43N/c1-3-5-6-7-8-10-23-11-13-24(14-12-23)25-15-17-26(18-16-25)29(9-4-2)27-19-21-28(30)22-20-27/h15-24,29H,3-14,30H2,1-2H3. The lowest BCUT2D eigenvalue weighted by Gasteiger charge is -2.29. The van der Waals surface area contributed by atoms with Crippen LogP contribution in [0.1, 0.15) is 119 Å². The van der Waals surface area contributed by atoms with E-state index in [2.05, 4.69) is 50.2 Å². The average molecular weight is 406 g/mol. The van der Waals surface area contributed by atoms with Crippen LogP contribution in [0.2, 0.25) is 0 Å². The molecular formula is C29H43N. The number of unbranched alkanes of at least 4 members (excludes halogenated alkanes) is 4. The highest BCUT2D eigenvalue weighted by Crippen LogP contribution is 2.38. The van der Waals surface area contributed by atoms with Crippen LogP contribution in [0.5, 0.6) is 0 Å². The molecule has 2 aromatic rings. The first kappa shape index (κ1) is 22.9. The third kappa shape index (κ3) is 6.62. The third-order valence-corrected chi connectivity index (χ3v) is 7.29. The van der Waals surface area contributed by atoms with E-state index in [9.17, 15) is 0 Å². The molecule has 1 aliphatic carbocycles. The van der Waals surface area contributed by atoms with Crippen molar-refractivity contribution < 1.29 is 0 Å². The molecule has 0 amide bonds. The zero-order valence-electron chi connectivity index (χ0n) is 19.4. The molecule has 1 aliphatic rings. The monoisotopic (exact) mass is 405 g/mol. The molecule has 3 rings (SSSR count). The second-order valence-corrected chi connectivity index (χ2v) is 9.60. The molecule has 1 unspecified atom stereocenters. The van der Waals surface area contributed by atoms with Crippen LogP contribution < -0.4 is 5.73 Å². The van der Waals surface area contributed by atoms with Crippen LogP contribution in [0.4, 0.5) is 5.69 Å². The topological polar surface area (TPSA) is 26.0 Å². The van der Waals surface area contributed by atoms with Crippen molar-refractivity contribution in [2.45, 2.75) is 103 Å². The molecule has 0 bridgehead atoms. The number of nitrogen functional groups attached to an aromatic ring is 1. The van der Waals surface area contributed by atoms with E-state index in [1.165, 1.54) is 88.2 Å². The number of rotatable bonds is 11. The largest absolute Gasteiger partial charge is 0.399 e. The third-order valence-electron chi connectivity index (χ3n) is 7.29. The van der Waals surface area contributed by atoms with E-state index < -0.39 is 0 Å². The van der Waals surface area contributed by atoms with Gasteiger partial charge in [-0.3, -0.25) is 0 Å². The van der Waals surface area contributed by atoms with Gasteiger partial charge in [-0.25, -0.2) is 0 Å². The fourth-order valence-corrected chi connectivity index (χ4v) is 5.36. The van der Waals surface area contributed by atoms with Crippen molar-refractivity contribution in [1.29, 1.82) is 0 Å². The Morgan fingerprint density at radius 3 is 1.93 bits per heavy atom. The van der Waals surface area contributed by atoms with Gasteiger partial charge in [0, 0.05) is 11.6 Å². The summed E-state index contributed by atoms with van der Waals surface area (Å²) in [6.45, 7) is 4.58. The van der Waals surface area contributed by atoms with Crippen LogP contribution in [0.15, 0.2) is 48.5 Å². The van der Waals surface area contributed by atoms with E-state index >= 15 is 0 Å². The lowest BCUT2D eigenvalue weighted by molar-refractivity contribution is 0.302. The Morgan fingerprint density at radius 2 is 1.33 bits per heavy atom. The minimum atomic E-state index is 0.480. The highest BCUT2D eigenvalue weighted by atomic mass is 14.5. The summed E-state index contributed by atoms with van der Waals surface area (Å²) in [7, 11) is 0. The van der Waals surface area contributed by atoms with Gasteiger partial charge in [-0.1, -0.05) is 95.2 Å². The van der Waals surface area contributed by atoms with Gasteiger partial charge in [0.1, 0.15) is 0 Å². The number of hydrogen-bond donors (Lipinski definition) is 1. The predicted molar refractivity (Wildman–Crippen MR) is 132 cm³/mol. The summed E-state index contributed by atoms with van der Waals surface area (Å²) in [5.41, 5.74) is 11.1. The molecule has 2 N–H and O–H groups in total. The zero-order valence-corrected chi connectivity index (χ0v) is 19.4. The van der Waals surface area contributed by atoms with Crippen LogP contribution in [0.3, 0.4) is 0 Å². The first-order valence-corrected chi connectivity index (χ1v) is 12.7. The number of benzene rings is 2. The van der Waals surface area contributed by atoms with E-state index in [1.807, 2.05) is 12.1 Å². The first-order chi connectivity index (χ1) is 14.7. The highest BCUT2D eigenvalue weighted by Gasteiger charge is 2.22. The maximum atomic E-state index is 5.90. The summed E-state index contributed by atoms with van der Waals surface area (Å²) < 4.78 is 0. The molecule has 0 radical (unpaired) electrons. The van der Waals surface area contributed by atoms with Crippen LogP contribution >= 0.6 is 0 Å². The molecule has 30 heavy (non-hydrogen) atoms. The van der Waals surface area contributed by atoms with Crippen molar-refractivity contribution in [1.82, 2.24) is 0 Å². The summed E-state index contributed by atoms with van der Waals surface area (Å²) >= 11 is 0. The van der Waals surface area contributed by atoms with Gasteiger partial charge in [0.2, 0.25) is 0 Å².